The SMILES string of the molecule is Cc1ccc2c(c1)c(NC(=O)c1ccno1)nn2Cc1ccc(C#N)cc1. The van der Waals surface area contributed by atoms with Gasteiger partial charge < -0.3 is 9.84 Å². The summed E-state index contributed by atoms with van der Waals surface area (Å²) in [6.07, 6.45) is 1.42. The molecule has 0 saturated carbocycles. The number of benzene rings is 2. The fraction of sp³-hybridized carbons (Fsp3) is 0.100. The molecule has 0 aliphatic carbocycles. The van der Waals surface area contributed by atoms with Crippen LogP contribution >= 0.6 is 0 Å². The summed E-state index contributed by atoms with van der Waals surface area (Å²) < 4.78 is 6.73. The third-order valence-electron chi connectivity index (χ3n) is 4.21. The van der Waals surface area contributed by atoms with Crippen LogP contribution in [-0.2, 0) is 6.54 Å². The van der Waals surface area contributed by atoms with Crippen molar-refractivity contribution in [2.24, 2.45) is 0 Å². The quantitative estimate of drug-likeness (QED) is 0.603. The summed E-state index contributed by atoms with van der Waals surface area (Å²) in [6.45, 7) is 2.50. The Bertz CT molecular complexity index is 1150. The highest BCUT2D eigenvalue weighted by molar-refractivity contribution is 6.06. The van der Waals surface area contributed by atoms with Gasteiger partial charge in [-0.3, -0.25) is 9.48 Å². The second-order valence-corrected chi connectivity index (χ2v) is 6.17. The first kappa shape index (κ1) is 16.5. The highest BCUT2D eigenvalue weighted by Crippen LogP contribution is 2.25. The lowest BCUT2D eigenvalue weighted by Crippen LogP contribution is -2.12. The highest BCUT2D eigenvalue weighted by atomic mass is 16.5. The molecule has 132 valence electrons. The van der Waals surface area contributed by atoms with Crippen molar-refractivity contribution in [3.8, 4) is 6.07 Å². The largest absolute Gasteiger partial charge is 0.351 e. The van der Waals surface area contributed by atoms with Crippen LogP contribution in [0.1, 0.15) is 27.2 Å². The number of hydrogen-bond acceptors (Lipinski definition) is 5. The topological polar surface area (TPSA) is 96.7 Å². The van der Waals surface area contributed by atoms with Crippen molar-refractivity contribution in [1.82, 2.24) is 14.9 Å². The zero-order valence-corrected chi connectivity index (χ0v) is 14.5. The van der Waals surface area contributed by atoms with Crippen LogP contribution in [0.3, 0.4) is 0 Å². The molecule has 7 nitrogen and oxygen atoms in total. The van der Waals surface area contributed by atoms with Crippen molar-refractivity contribution in [1.29, 1.82) is 5.26 Å². The van der Waals surface area contributed by atoms with Gasteiger partial charge in [-0.15, -0.1) is 0 Å². The van der Waals surface area contributed by atoms with Crippen LogP contribution < -0.4 is 5.32 Å². The molecule has 4 aromatic rings. The molecular formula is C20H15N5O2. The van der Waals surface area contributed by atoms with E-state index in [1.165, 1.54) is 12.3 Å². The molecule has 0 saturated heterocycles. The van der Waals surface area contributed by atoms with Crippen LogP contribution in [0.4, 0.5) is 5.82 Å². The number of nitrogens with zero attached hydrogens (tertiary/aromatic N) is 4. The van der Waals surface area contributed by atoms with E-state index >= 15 is 0 Å². The molecule has 0 unspecified atom stereocenters. The average molecular weight is 357 g/mol. The van der Waals surface area contributed by atoms with Gasteiger partial charge in [0.1, 0.15) is 0 Å². The third kappa shape index (κ3) is 3.28. The summed E-state index contributed by atoms with van der Waals surface area (Å²) in [6, 6.07) is 16.9. The molecule has 2 aromatic heterocycles. The highest BCUT2D eigenvalue weighted by Gasteiger charge is 2.16. The Kier molecular flexibility index (Phi) is 4.15. The molecule has 1 amide bonds. The molecule has 0 aliphatic rings. The molecule has 4 rings (SSSR count). The maximum absolute atomic E-state index is 12.3. The number of rotatable bonds is 4. The molecule has 2 aromatic carbocycles. The lowest BCUT2D eigenvalue weighted by molar-refractivity contribution is 0.0987. The van der Waals surface area contributed by atoms with Crippen molar-refractivity contribution in [2.45, 2.75) is 13.5 Å². The van der Waals surface area contributed by atoms with E-state index in [-0.39, 0.29) is 5.76 Å². The van der Waals surface area contributed by atoms with Crippen LogP contribution in [-0.4, -0.2) is 20.8 Å². The van der Waals surface area contributed by atoms with E-state index < -0.39 is 5.91 Å². The number of hydrogen-bond donors (Lipinski definition) is 1. The van der Waals surface area contributed by atoms with E-state index in [9.17, 15) is 4.79 Å². The van der Waals surface area contributed by atoms with Crippen molar-refractivity contribution in [2.75, 3.05) is 5.32 Å². The van der Waals surface area contributed by atoms with E-state index in [1.54, 1.807) is 12.1 Å². The molecular weight excluding hydrogens is 342 g/mol. The molecule has 0 atom stereocenters. The third-order valence-corrected chi connectivity index (χ3v) is 4.21. The maximum Gasteiger partial charge on any atom is 0.295 e. The van der Waals surface area contributed by atoms with Crippen molar-refractivity contribution >= 4 is 22.6 Å². The van der Waals surface area contributed by atoms with Crippen LogP contribution in [0, 0.1) is 18.3 Å². The monoisotopic (exact) mass is 357 g/mol. The first-order valence-electron chi connectivity index (χ1n) is 8.32. The predicted molar refractivity (Wildman–Crippen MR) is 99.2 cm³/mol. The molecule has 1 N–H and O–H groups in total. The van der Waals surface area contributed by atoms with Crippen molar-refractivity contribution < 1.29 is 9.32 Å². The summed E-state index contributed by atoms with van der Waals surface area (Å²) in [5.74, 6) is 0.181. The average Bonchev–Trinajstić information content (AvgIpc) is 3.32. The zero-order chi connectivity index (χ0) is 18.8. The molecule has 2 heterocycles. The van der Waals surface area contributed by atoms with E-state index in [0.29, 0.717) is 17.9 Å². The number of carbonyl (C=O) groups excluding carboxylic acids is 1. The number of aryl methyl sites for hydroxylation is 1. The van der Waals surface area contributed by atoms with Crippen LogP contribution in [0.2, 0.25) is 0 Å². The van der Waals surface area contributed by atoms with E-state index in [0.717, 1.165) is 22.0 Å². The normalized spacial score (nSPS) is 10.7. The Labute approximate surface area is 154 Å². The van der Waals surface area contributed by atoms with E-state index in [1.807, 2.05) is 41.9 Å². The van der Waals surface area contributed by atoms with Crippen molar-refractivity contribution in [3.63, 3.8) is 0 Å². The fourth-order valence-electron chi connectivity index (χ4n) is 2.87. The summed E-state index contributed by atoms with van der Waals surface area (Å²) in [5, 5.41) is 20.7. The number of nitriles is 1. The van der Waals surface area contributed by atoms with Gasteiger partial charge in [0.2, 0.25) is 5.76 Å². The number of anilines is 1. The second-order valence-electron chi connectivity index (χ2n) is 6.17. The minimum atomic E-state index is -0.404. The molecule has 7 heteroatoms. The number of carbonyl (C=O) groups is 1. The predicted octanol–water partition coefficient (Wildman–Crippen LogP) is 3.51. The maximum atomic E-state index is 12.3. The summed E-state index contributed by atoms with van der Waals surface area (Å²) in [5.41, 5.74) is 3.58. The molecule has 0 spiro atoms. The Hall–Kier alpha value is -3.92. The van der Waals surface area contributed by atoms with Gasteiger partial charge in [-0.2, -0.15) is 10.4 Å². The van der Waals surface area contributed by atoms with Gasteiger partial charge in [-0.1, -0.05) is 28.9 Å². The Morgan fingerprint density at radius 1 is 1.22 bits per heavy atom. The van der Waals surface area contributed by atoms with Gasteiger partial charge in [0.25, 0.3) is 5.91 Å². The van der Waals surface area contributed by atoms with Gasteiger partial charge in [-0.25, -0.2) is 0 Å². The summed E-state index contributed by atoms with van der Waals surface area (Å²) >= 11 is 0. The Morgan fingerprint density at radius 3 is 2.74 bits per heavy atom. The molecule has 0 fully saturated rings. The van der Waals surface area contributed by atoms with Crippen LogP contribution in [0.15, 0.2) is 59.3 Å². The lowest BCUT2D eigenvalue weighted by Gasteiger charge is -2.04. The van der Waals surface area contributed by atoms with Gasteiger partial charge in [-0.05, 0) is 36.8 Å². The van der Waals surface area contributed by atoms with E-state index in [4.69, 9.17) is 9.78 Å². The summed E-state index contributed by atoms with van der Waals surface area (Å²) in [4.78, 5) is 12.3. The second kappa shape index (κ2) is 6.77. The molecule has 0 bridgehead atoms. The number of fused-ring (bicyclic) bond motifs is 1. The minimum Gasteiger partial charge on any atom is -0.351 e. The zero-order valence-electron chi connectivity index (χ0n) is 14.5. The number of amides is 1. The van der Waals surface area contributed by atoms with E-state index in [2.05, 4.69) is 21.6 Å². The smallest absolute Gasteiger partial charge is 0.295 e. The Balaban J connectivity index is 1.70. The number of nitrogens with one attached hydrogen (secondary N) is 1. The first-order chi connectivity index (χ1) is 13.1. The van der Waals surface area contributed by atoms with Gasteiger partial charge in [0, 0.05) is 11.5 Å². The lowest BCUT2D eigenvalue weighted by atomic mass is 10.1. The van der Waals surface area contributed by atoms with Crippen LogP contribution in [0.25, 0.3) is 10.9 Å². The van der Waals surface area contributed by atoms with Gasteiger partial charge in [0.05, 0.1) is 29.9 Å². The standard InChI is InChI=1S/C20H15N5O2/c1-13-2-7-17-16(10-13)19(23-20(26)18-8-9-22-27-18)24-25(17)12-15-5-3-14(11-21)4-6-15/h2-10H,12H2,1H3,(H,23,24,26). The molecule has 27 heavy (non-hydrogen) atoms. The van der Waals surface area contributed by atoms with Crippen molar-refractivity contribution in [3.05, 3.63) is 77.2 Å². The van der Waals surface area contributed by atoms with Crippen LogP contribution in [0.5, 0.6) is 0 Å². The molecule has 0 radical (unpaired) electrons. The Morgan fingerprint density at radius 2 is 2.04 bits per heavy atom. The van der Waals surface area contributed by atoms with Gasteiger partial charge in [0.15, 0.2) is 5.82 Å². The molecule has 0 aliphatic heterocycles. The number of aromatic nitrogens is 3. The van der Waals surface area contributed by atoms with Gasteiger partial charge >= 0.3 is 0 Å². The summed E-state index contributed by atoms with van der Waals surface area (Å²) in [7, 11) is 0. The minimum absolute atomic E-state index is 0.123. The first-order valence-corrected chi connectivity index (χ1v) is 8.32. The fourth-order valence-corrected chi connectivity index (χ4v) is 2.87.